The maximum Gasteiger partial charge on any atom is 0.229 e. The summed E-state index contributed by atoms with van der Waals surface area (Å²) in [6, 6.07) is 0. The number of piperidine rings is 1. The Morgan fingerprint density at radius 1 is 1.26 bits per heavy atom. The zero-order chi connectivity index (χ0) is 14.1. The lowest BCUT2D eigenvalue weighted by atomic mass is 9.81. The summed E-state index contributed by atoms with van der Waals surface area (Å²) in [5.41, 5.74) is -0.265. The molecule has 0 saturated carbocycles. The highest BCUT2D eigenvalue weighted by Crippen LogP contribution is 2.28. The average molecular weight is 272 g/mol. The first kappa shape index (κ1) is 16.4. The molecule has 0 aromatic rings. The van der Waals surface area contributed by atoms with Gasteiger partial charge < -0.3 is 19.7 Å². The average Bonchev–Trinajstić information content (AvgIpc) is 2.43. The molecule has 1 atom stereocenters. The van der Waals surface area contributed by atoms with Gasteiger partial charge in [0.25, 0.3) is 0 Å². The highest BCUT2D eigenvalue weighted by Gasteiger charge is 2.37. The molecule has 1 fully saturated rings. The highest BCUT2D eigenvalue weighted by molar-refractivity contribution is 5.82. The van der Waals surface area contributed by atoms with E-state index < -0.39 is 0 Å². The second-order valence-corrected chi connectivity index (χ2v) is 5.47. The predicted molar refractivity (Wildman–Crippen MR) is 75.2 cm³/mol. The molecule has 1 heterocycles. The van der Waals surface area contributed by atoms with Gasteiger partial charge in [-0.2, -0.15) is 0 Å². The van der Waals surface area contributed by atoms with Crippen molar-refractivity contribution in [2.24, 2.45) is 5.41 Å². The molecule has 112 valence electrons. The highest BCUT2D eigenvalue weighted by atomic mass is 16.5. The van der Waals surface area contributed by atoms with Crippen molar-refractivity contribution in [1.82, 2.24) is 10.2 Å². The minimum atomic E-state index is -0.265. The third-order valence-electron chi connectivity index (χ3n) is 3.74. The number of ether oxygens (including phenoxy) is 2. The lowest BCUT2D eigenvalue weighted by Gasteiger charge is -2.37. The van der Waals surface area contributed by atoms with E-state index in [1.807, 2.05) is 4.90 Å². The van der Waals surface area contributed by atoms with Gasteiger partial charge in [-0.25, -0.2) is 0 Å². The standard InChI is InChI=1S/C14H28N2O3/c1-14(6-4-7-15-12-14)13(17)16(9-11-19-3)8-5-10-18-2/h15H,4-12H2,1-3H3. The number of hydrogen-bond acceptors (Lipinski definition) is 4. The smallest absolute Gasteiger partial charge is 0.229 e. The second-order valence-electron chi connectivity index (χ2n) is 5.47. The molecule has 1 unspecified atom stereocenters. The molecule has 0 radical (unpaired) electrons. The van der Waals surface area contributed by atoms with Crippen molar-refractivity contribution in [3.63, 3.8) is 0 Å². The van der Waals surface area contributed by atoms with Crippen LogP contribution in [0.15, 0.2) is 0 Å². The molecule has 0 bridgehead atoms. The van der Waals surface area contributed by atoms with Crippen LogP contribution in [-0.2, 0) is 14.3 Å². The Bertz CT molecular complexity index is 265. The monoisotopic (exact) mass is 272 g/mol. The van der Waals surface area contributed by atoms with E-state index >= 15 is 0 Å². The van der Waals surface area contributed by atoms with Crippen molar-refractivity contribution in [1.29, 1.82) is 0 Å². The maximum absolute atomic E-state index is 12.7. The number of amides is 1. The third-order valence-corrected chi connectivity index (χ3v) is 3.74. The van der Waals surface area contributed by atoms with Gasteiger partial charge in [0.05, 0.1) is 12.0 Å². The first-order chi connectivity index (χ1) is 9.14. The van der Waals surface area contributed by atoms with Crippen LogP contribution in [0.5, 0.6) is 0 Å². The summed E-state index contributed by atoms with van der Waals surface area (Å²) in [5.74, 6) is 0.243. The van der Waals surface area contributed by atoms with Crippen LogP contribution < -0.4 is 5.32 Å². The van der Waals surface area contributed by atoms with Crippen molar-refractivity contribution in [2.75, 3.05) is 53.6 Å². The van der Waals surface area contributed by atoms with E-state index in [4.69, 9.17) is 9.47 Å². The minimum Gasteiger partial charge on any atom is -0.385 e. The molecule has 0 aromatic heterocycles. The molecule has 0 aromatic carbocycles. The molecule has 1 aliphatic rings. The molecule has 0 aliphatic carbocycles. The van der Waals surface area contributed by atoms with Crippen molar-refractivity contribution in [2.45, 2.75) is 26.2 Å². The first-order valence-electron chi connectivity index (χ1n) is 7.12. The van der Waals surface area contributed by atoms with E-state index in [0.29, 0.717) is 19.8 Å². The van der Waals surface area contributed by atoms with Crippen molar-refractivity contribution >= 4 is 5.91 Å². The van der Waals surface area contributed by atoms with Gasteiger partial charge >= 0.3 is 0 Å². The van der Waals surface area contributed by atoms with Crippen LogP contribution in [-0.4, -0.2) is 64.4 Å². The largest absolute Gasteiger partial charge is 0.385 e. The number of methoxy groups -OCH3 is 2. The van der Waals surface area contributed by atoms with E-state index in [2.05, 4.69) is 12.2 Å². The van der Waals surface area contributed by atoms with E-state index in [0.717, 1.165) is 38.9 Å². The molecular formula is C14H28N2O3. The topological polar surface area (TPSA) is 50.8 Å². The van der Waals surface area contributed by atoms with Gasteiger partial charge in [0.2, 0.25) is 5.91 Å². The van der Waals surface area contributed by atoms with Gasteiger partial charge in [-0.05, 0) is 32.7 Å². The lowest BCUT2D eigenvalue weighted by Crippen LogP contribution is -2.51. The summed E-state index contributed by atoms with van der Waals surface area (Å²) in [6.45, 7) is 6.54. The van der Waals surface area contributed by atoms with Gasteiger partial charge in [0.15, 0.2) is 0 Å². The number of rotatable bonds is 8. The van der Waals surface area contributed by atoms with Gasteiger partial charge in [-0.1, -0.05) is 0 Å². The Labute approximate surface area is 116 Å². The number of carbonyl (C=O) groups is 1. The molecule has 1 amide bonds. The Kier molecular flexibility index (Phi) is 7.34. The van der Waals surface area contributed by atoms with Crippen LogP contribution in [0.4, 0.5) is 0 Å². The normalized spacial score (nSPS) is 23.3. The lowest BCUT2D eigenvalue weighted by molar-refractivity contribution is -0.143. The first-order valence-corrected chi connectivity index (χ1v) is 7.12. The van der Waals surface area contributed by atoms with Crippen LogP contribution >= 0.6 is 0 Å². The Morgan fingerprint density at radius 2 is 2.00 bits per heavy atom. The summed E-state index contributed by atoms with van der Waals surface area (Å²) in [4.78, 5) is 14.6. The molecule has 5 nitrogen and oxygen atoms in total. The number of nitrogens with zero attached hydrogens (tertiary/aromatic N) is 1. The van der Waals surface area contributed by atoms with E-state index in [9.17, 15) is 4.79 Å². The summed E-state index contributed by atoms with van der Waals surface area (Å²) >= 11 is 0. The molecule has 1 rings (SSSR count). The van der Waals surface area contributed by atoms with E-state index in [-0.39, 0.29) is 11.3 Å². The van der Waals surface area contributed by atoms with Crippen LogP contribution in [0.2, 0.25) is 0 Å². The van der Waals surface area contributed by atoms with E-state index in [1.165, 1.54) is 0 Å². The molecule has 1 N–H and O–H groups in total. The fourth-order valence-electron chi connectivity index (χ4n) is 2.54. The van der Waals surface area contributed by atoms with E-state index in [1.54, 1.807) is 14.2 Å². The molecule has 0 spiro atoms. The van der Waals surface area contributed by atoms with Gasteiger partial charge in [0.1, 0.15) is 0 Å². The predicted octanol–water partition coefficient (Wildman–Crippen LogP) is 0.888. The summed E-state index contributed by atoms with van der Waals surface area (Å²) in [5, 5.41) is 3.33. The SMILES string of the molecule is COCCCN(CCOC)C(=O)C1(C)CCCNC1. The Balaban J connectivity index is 2.57. The minimum absolute atomic E-state index is 0.243. The quantitative estimate of drug-likeness (QED) is 0.667. The van der Waals surface area contributed by atoms with Crippen LogP contribution in [0, 0.1) is 5.41 Å². The zero-order valence-corrected chi connectivity index (χ0v) is 12.5. The van der Waals surface area contributed by atoms with Gasteiger partial charge in [-0.3, -0.25) is 4.79 Å². The second kappa shape index (κ2) is 8.51. The van der Waals surface area contributed by atoms with Gasteiger partial charge in [0, 0.05) is 40.5 Å². The Morgan fingerprint density at radius 3 is 2.58 bits per heavy atom. The molecule has 19 heavy (non-hydrogen) atoms. The zero-order valence-electron chi connectivity index (χ0n) is 12.5. The maximum atomic E-state index is 12.7. The van der Waals surface area contributed by atoms with Crippen molar-refractivity contribution in [3.8, 4) is 0 Å². The number of carbonyl (C=O) groups excluding carboxylic acids is 1. The Hall–Kier alpha value is -0.650. The van der Waals surface area contributed by atoms with Crippen LogP contribution in [0.1, 0.15) is 26.2 Å². The molecule has 5 heteroatoms. The summed E-state index contributed by atoms with van der Waals surface area (Å²) < 4.78 is 10.2. The van der Waals surface area contributed by atoms with Crippen molar-refractivity contribution < 1.29 is 14.3 Å². The number of nitrogens with one attached hydrogen (secondary N) is 1. The fourth-order valence-corrected chi connectivity index (χ4v) is 2.54. The summed E-state index contributed by atoms with van der Waals surface area (Å²) in [6.07, 6.45) is 2.90. The van der Waals surface area contributed by atoms with Gasteiger partial charge in [-0.15, -0.1) is 0 Å². The summed E-state index contributed by atoms with van der Waals surface area (Å²) in [7, 11) is 3.36. The molecular weight excluding hydrogens is 244 g/mol. The van der Waals surface area contributed by atoms with Crippen LogP contribution in [0.3, 0.4) is 0 Å². The van der Waals surface area contributed by atoms with Crippen LogP contribution in [0.25, 0.3) is 0 Å². The third kappa shape index (κ3) is 5.09. The molecule has 1 saturated heterocycles. The fraction of sp³-hybridized carbons (Fsp3) is 0.929. The van der Waals surface area contributed by atoms with Crippen molar-refractivity contribution in [3.05, 3.63) is 0 Å². The molecule has 1 aliphatic heterocycles. The number of hydrogen-bond donors (Lipinski definition) is 1.